The number of rotatable bonds is 7. The standard InChI is InChI=1S/C43H44ClN7O5/c44-39-27(21-45)3-10-36-33(39)15-18-50(36)32-8-4-30(5-9-32)46-40(53)26-1-6-31(7-2-26)49-16-13-25(14-17-49)22-48-23-28-19-34-35(20-29(28)24-48)43(56)51(42(34)55)37-11-12-38(52)47-41(37)54/h1-3,6-7,10,19-20,25,30,32,37H,4-5,8-9,11-18,22-24H2,(H,46,53)(H,47,52,54)/t30-,32-,37?. The van der Waals surface area contributed by atoms with Crippen molar-refractivity contribution in [2.45, 2.75) is 89.0 Å². The van der Waals surface area contributed by atoms with E-state index in [-0.39, 0.29) is 30.7 Å². The monoisotopic (exact) mass is 773 g/mol. The summed E-state index contributed by atoms with van der Waals surface area (Å²) < 4.78 is 0. The Morgan fingerprint density at radius 3 is 2.16 bits per heavy atom. The maximum atomic E-state index is 13.3. The molecular formula is C43H44ClN7O5. The summed E-state index contributed by atoms with van der Waals surface area (Å²) in [6, 6.07) is 17.3. The summed E-state index contributed by atoms with van der Waals surface area (Å²) in [4.78, 5) is 72.1. The SMILES string of the molecule is N#Cc1ccc2c(c1Cl)CCN2[C@H]1CC[C@H](NC(=O)c2ccc(N3CCC(CN4Cc5cc6c(cc5C4)C(=O)N(C4CCC(=O)NC4=O)C6=O)CC3)cc2)CC1. The number of anilines is 2. The average Bonchev–Trinajstić information content (AvgIpc) is 3.89. The third-order valence-corrected chi connectivity index (χ3v) is 13.3. The zero-order valence-electron chi connectivity index (χ0n) is 31.2. The molecule has 2 N–H and O–H groups in total. The van der Waals surface area contributed by atoms with Crippen molar-refractivity contribution >= 4 is 52.5 Å². The smallest absolute Gasteiger partial charge is 0.262 e. The summed E-state index contributed by atoms with van der Waals surface area (Å²) in [7, 11) is 0. The molecular weight excluding hydrogens is 730 g/mol. The number of hydrogen-bond acceptors (Lipinski definition) is 9. The molecule has 13 heteroatoms. The van der Waals surface area contributed by atoms with Crippen molar-refractivity contribution in [3.8, 4) is 6.07 Å². The first-order valence-corrected chi connectivity index (χ1v) is 20.3. The van der Waals surface area contributed by atoms with Crippen LogP contribution in [0.25, 0.3) is 0 Å². The van der Waals surface area contributed by atoms with Crippen molar-refractivity contribution < 1.29 is 24.0 Å². The second kappa shape index (κ2) is 14.7. The van der Waals surface area contributed by atoms with Gasteiger partial charge < -0.3 is 15.1 Å². The Morgan fingerprint density at radius 1 is 0.839 bits per heavy atom. The molecule has 5 heterocycles. The third-order valence-electron chi connectivity index (χ3n) is 12.9. The van der Waals surface area contributed by atoms with Crippen LogP contribution in [-0.2, 0) is 29.1 Å². The third kappa shape index (κ3) is 6.60. The molecule has 3 aromatic carbocycles. The zero-order valence-corrected chi connectivity index (χ0v) is 31.9. The van der Waals surface area contributed by atoms with Gasteiger partial charge in [-0.05, 0) is 123 Å². The molecule has 12 nitrogen and oxygen atoms in total. The van der Waals surface area contributed by atoms with Gasteiger partial charge >= 0.3 is 0 Å². The molecule has 0 aromatic heterocycles. The van der Waals surface area contributed by atoms with E-state index < -0.39 is 23.8 Å². The van der Waals surface area contributed by atoms with Crippen LogP contribution in [0.15, 0.2) is 48.5 Å². The van der Waals surface area contributed by atoms with Gasteiger partial charge in [0, 0.05) is 74.7 Å². The van der Waals surface area contributed by atoms with Crippen LogP contribution in [0.5, 0.6) is 0 Å². The molecule has 0 radical (unpaired) electrons. The quantitative estimate of drug-likeness (QED) is 0.319. The molecule has 9 rings (SSSR count). The summed E-state index contributed by atoms with van der Waals surface area (Å²) in [6.07, 6.45) is 7.04. The van der Waals surface area contributed by atoms with E-state index in [4.69, 9.17) is 11.6 Å². The number of benzene rings is 3. The van der Waals surface area contributed by atoms with Gasteiger partial charge in [-0.3, -0.25) is 39.1 Å². The molecule has 5 aliphatic heterocycles. The Bertz CT molecular complexity index is 2140. The number of halogens is 1. The Morgan fingerprint density at radius 2 is 1.52 bits per heavy atom. The zero-order chi connectivity index (χ0) is 38.7. The van der Waals surface area contributed by atoms with Crippen molar-refractivity contribution in [1.29, 1.82) is 5.26 Å². The number of hydrogen-bond donors (Lipinski definition) is 2. The number of carbonyl (C=O) groups is 5. The van der Waals surface area contributed by atoms with Crippen LogP contribution in [0.1, 0.15) is 105 Å². The van der Waals surface area contributed by atoms with Gasteiger partial charge in [0.2, 0.25) is 11.8 Å². The summed E-state index contributed by atoms with van der Waals surface area (Å²) in [5, 5.41) is 15.5. The minimum Gasteiger partial charge on any atom is -0.372 e. The van der Waals surface area contributed by atoms with Crippen LogP contribution in [0.3, 0.4) is 0 Å². The lowest BCUT2D eigenvalue weighted by Gasteiger charge is -2.36. The highest BCUT2D eigenvalue weighted by molar-refractivity contribution is 6.33. The van der Waals surface area contributed by atoms with Crippen molar-refractivity contribution in [3.05, 3.63) is 92.5 Å². The Hall–Kier alpha value is -5.25. The predicted octanol–water partition coefficient (Wildman–Crippen LogP) is 4.95. The number of piperidine rings is 2. The maximum absolute atomic E-state index is 13.3. The molecule has 6 aliphatic rings. The number of amides is 5. The van der Waals surface area contributed by atoms with Gasteiger partial charge in [0.05, 0.1) is 21.7 Å². The van der Waals surface area contributed by atoms with E-state index >= 15 is 0 Å². The number of nitriles is 1. The number of imide groups is 2. The minimum atomic E-state index is -0.959. The Labute approximate surface area is 330 Å². The summed E-state index contributed by atoms with van der Waals surface area (Å²) in [5.41, 5.74) is 7.33. The second-order valence-corrected chi connectivity index (χ2v) is 16.6. The van der Waals surface area contributed by atoms with Crippen LogP contribution in [-0.4, -0.2) is 83.6 Å². The van der Waals surface area contributed by atoms with E-state index in [1.807, 2.05) is 36.4 Å². The molecule has 288 valence electrons. The van der Waals surface area contributed by atoms with Crippen LogP contribution < -0.4 is 20.4 Å². The second-order valence-electron chi connectivity index (χ2n) is 16.2. The first-order chi connectivity index (χ1) is 27.1. The summed E-state index contributed by atoms with van der Waals surface area (Å²) in [5.74, 6) is -1.42. The fourth-order valence-electron chi connectivity index (χ4n) is 9.87. The van der Waals surface area contributed by atoms with Gasteiger partial charge in [0.1, 0.15) is 12.1 Å². The lowest BCUT2D eigenvalue weighted by molar-refractivity contribution is -0.136. The normalized spacial score (nSPS) is 23.9. The Kier molecular flexibility index (Phi) is 9.54. The number of fused-ring (bicyclic) bond motifs is 3. The van der Waals surface area contributed by atoms with Crippen molar-refractivity contribution in [3.63, 3.8) is 0 Å². The van der Waals surface area contributed by atoms with E-state index in [0.717, 1.165) is 104 Å². The van der Waals surface area contributed by atoms with Crippen molar-refractivity contribution in [1.82, 2.24) is 20.4 Å². The van der Waals surface area contributed by atoms with Gasteiger partial charge in [-0.15, -0.1) is 0 Å². The molecule has 3 fully saturated rings. The molecule has 1 saturated carbocycles. The number of carbonyl (C=O) groups excluding carboxylic acids is 5. The minimum absolute atomic E-state index is 0.0294. The highest BCUT2D eigenvalue weighted by Crippen LogP contribution is 2.40. The van der Waals surface area contributed by atoms with Crippen LogP contribution in [0, 0.1) is 17.2 Å². The van der Waals surface area contributed by atoms with E-state index in [0.29, 0.717) is 52.3 Å². The largest absolute Gasteiger partial charge is 0.372 e. The first-order valence-electron chi connectivity index (χ1n) is 19.9. The van der Waals surface area contributed by atoms with Crippen LogP contribution in [0.4, 0.5) is 11.4 Å². The van der Waals surface area contributed by atoms with E-state index in [9.17, 15) is 29.2 Å². The highest BCUT2D eigenvalue weighted by atomic mass is 35.5. The van der Waals surface area contributed by atoms with Gasteiger partial charge in [-0.25, -0.2) is 0 Å². The van der Waals surface area contributed by atoms with Gasteiger partial charge in [0.25, 0.3) is 17.7 Å². The fraction of sp³-hybridized carbons (Fsp3) is 0.442. The highest BCUT2D eigenvalue weighted by Gasteiger charge is 2.45. The molecule has 1 atom stereocenters. The van der Waals surface area contributed by atoms with Gasteiger partial charge in [-0.2, -0.15) is 5.26 Å². The first kappa shape index (κ1) is 36.4. The Balaban J connectivity index is 0.729. The average molecular weight is 774 g/mol. The number of nitrogens with zero attached hydrogens (tertiary/aromatic N) is 5. The number of nitrogens with one attached hydrogen (secondary N) is 2. The van der Waals surface area contributed by atoms with E-state index in [1.54, 1.807) is 0 Å². The van der Waals surface area contributed by atoms with Crippen LogP contribution >= 0.6 is 11.6 Å². The molecule has 56 heavy (non-hydrogen) atoms. The summed E-state index contributed by atoms with van der Waals surface area (Å²) in [6.45, 7) is 5.13. The molecule has 1 unspecified atom stereocenters. The van der Waals surface area contributed by atoms with Gasteiger partial charge in [0.15, 0.2) is 0 Å². The summed E-state index contributed by atoms with van der Waals surface area (Å²) >= 11 is 6.51. The fourth-order valence-corrected chi connectivity index (χ4v) is 10.2. The predicted molar refractivity (Wildman–Crippen MR) is 209 cm³/mol. The molecule has 2 saturated heterocycles. The van der Waals surface area contributed by atoms with Crippen LogP contribution in [0.2, 0.25) is 5.02 Å². The van der Waals surface area contributed by atoms with Gasteiger partial charge in [-0.1, -0.05) is 11.6 Å². The molecule has 3 aromatic rings. The molecule has 5 amide bonds. The van der Waals surface area contributed by atoms with Crippen molar-refractivity contribution in [2.24, 2.45) is 5.92 Å². The lowest BCUT2D eigenvalue weighted by Crippen LogP contribution is -2.54. The maximum Gasteiger partial charge on any atom is 0.262 e. The lowest BCUT2D eigenvalue weighted by atomic mass is 9.90. The molecule has 1 aliphatic carbocycles. The van der Waals surface area contributed by atoms with Crippen molar-refractivity contribution in [2.75, 3.05) is 36.0 Å². The van der Waals surface area contributed by atoms with E-state index in [2.05, 4.69) is 43.5 Å². The topological polar surface area (TPSA) is 146 Å². The van der Waals surface area contributed by atoms with E-state index in [1.165, 1.54) is 0 Å². The molecule has 0 bridgehead atoms. The molecule has 0 spiro atoms.